The van der Waals surface area contributed by atoms with Gasteiger partial charge in [-0.3, -0.25) is 0 Å². The molecule has 0 heterocycles. The Kier molecular flexibility index (Phi) is 7.75. The summed E-state index contributed by atoms with van der Waals surface area (Å²) in [5.74, 6) is -0.129. The van der Waals surface area contributed by atoms with Crippen molar-refractivity contribution in [2.45, 2.75) is 71.6 Å². The van der Waals surface area contributed by atoms with Gasteiger partial charge in [-0.05, 0) is 79.9 Å². The molecule has 2 fully saturated rings. The molecule has 0 unspecified atom stereocenters. The summed E-state index contributed by atoms with van der Waals surface area (Å²) in [6.07, 6.45) is 7.22. The molecular formula is C22H34F4O. The molecular weight excluding hydrogens is 356 g/mol. The van der Waals surface area contributed by atoms with E-state index in [2.05, 4.69) is 11.7 Å². The van der Waals surface area contributed by atoms with Crippen molar-refractivity contribution in [3.63, 3.8) is 0 Å². The molecule has 2 aliphatic carbocycles. The van der Waals surface area contributed by atoms with Crippen molar-refractivity contribution in [2.24, 2.45) is 17.8 Å². The summed E-state index contributed by atoms with van der Waals surface area (Å²) in [4.78, 5) is 0. The van der Waals surface area contributed by atoms with Crippen LogP contribution >= 0.6 is 0 Å². The Hall–Kier alpha value is -1.52. The maximum Gasteiger partial charge on any atom is 0.305 e. The fourth-order valence-electron chi connectivity index (χ4n) is 4.71. The molecule has 0 aliphatic heterocycles. The lowest BCUT2D eigenvalue weighted by Gasteiger charge is -2.37. The Bertz CT molecular complexity index is 625. The van der Waals surface area contributed by atoms with E-state index in [4.69, 9.17) is 0 Å². The van der Waals surface area contributed by atoms with Crippen molar-refractivity contribution in [1.29, 1.82) is 0 Å². The second-order valence-corrected chi connectivity index (χ2v) is 7.97. The van der Waals surface area contributed by atoms with Crippen LogP contribution in [0.4, 0.5) is 17.6 Å². The molecule has 0 saturated heterocycles. The van der Waals surface area contributed by atoms with Crippen LogP contribution in [0.15, 0.2) is 24.5 Å². The van der Waals surface area contributed by atoms with Gasteiger partial charge in [0.25, 0.3) is 0 Å². The zero-order valence-corrected chi connectivity index (χ0v) is 15.1. The minimum absolute atomic E-state index is 0. The van der Waals surface area contributed by atoms with Crippen LogP contribution in [0.1, 0.15) is 80.1 Å². The SMILES string of the molecule is C.CC1CCC(C2CCC(c3cc(F)c(OC=C(F)F)c(F)c3)CC2)CC1.[HH].[HH]. The summed E-state index contributed by atoms with van der Waals surface area (Å²) in [6, 6.07) is 2.46. The highest BCUT2D eigenvalue weighted by molar-refractivity contribution is 5.34. The Balaban J connectivity index is 0.00000261. The number of ether oxygens (including phenoxy) is 1. The Morgan fingerprint density at radius 1 is 0.926 bits per heavy atom. The zero-order valence-electron chi connectivity index (χ0n) is 15.1. The van der Waals surface area contributed by atoms with Gasteiger partial charge in [0.1, 0.15) is 0 Å². The van der Waals surface area contributed by atoms with E-state index in [1.807, 2.05) is 0 Å². The third kappa shape index (κ3) is 5.49. The van der Waals surface area contributed by atoms with Crippen LogP contribution in [0, 0.1) is 29.4 Å². The molecule has 0 atom stereocenters. The van der Waals surface area contributed by atoms with Crippen molar-refractivity contribution >= 4 is 0 Å². The molecule has 5 heteroatoms. The van der Waals surface area contributed by atoms with Gasteiger partial charge in [0.05, 0.1) is 0 Å². The predicted molar refractivity (Wildman–Crippen MR) is 104 cm³/mol. The molecule has 1 aromatic carbocycles. The second-order valence-electron chi connectivity index (χ2n) is 7.97. The lowest BCUT2D eigenvalue weighted by molar-refractivity contribution is 0.165. The normalized spacial score (nSPS) is 28.2. The molecule has 0 spiro atoms. The van der Waals surface area contributed by atoms with Crippen LogP contribution in [0.5, 0.6) is 5.75 Å². The molecule has 0 N–H and O–H groups in total. The van der Waals surface area contributed by atoms with Gasteiger partial charge in [0.2, 0.25) is 0 Å². The first-order chi connectivity index (χ1) is 12.4. The van der Waals surface area contributed by atoms with Gasteiger partial charge < -0.3 is 4.74 Å². The first-order valence-electron chi connectivity index (χ1n) is 9.60. The van der Waals surface area contributed by atoms with Gasteiger partial charge in [-0.15, -0.1) is 0 Å². The van der Waals surface area contributed by atoms with E-state index in [1.54, 1.807) is 0 Å². The summed E-state index contributed by atoms with van der Waals surface area (Å²) < 4.78 is 56.7. The average molecular weight is 391 g/mol. The number of halogens is 4. The zero-order chi connectivity index (χ0) is 18.7. The highest BCUT2D eigenvalue weighted by atomic mass is 19.3. The predicted octanol–water partition coefficient (Wildman–Crippen LogP) is 8.31. The number of hydrogen-bond acceptors (Lipinski definition) is 1. The topological polar surface area (TPSA) is 9.23 Å². The summed E-state index contributed by atoms with van der Waals surface area (Å²) in [7, 11) is 0. The minimum atomic E-state index is -2.14. The minimum Gasteiger partial charge on any atom is -0.453 e. The standard InChI is InChI=1S/C21H26F4O.CH4.2H2/c1-13-2-4-14(5-3-13)15-6-8-16(9-7-15)17-10-18(22)21(19(23)11-17)26-12-20(24)25;;;/h10-16H,2-9H2,1H3;1H4;2*1H. The van der Waals surface area contributed by atoms with E-state index in [0.717, 1.165) is 43.4 Å². The molecule has 2 aliphatic rings. The van der Waals surface area contributed by atoms with Gasteiger partial charge in [-0.2, -0.15) is 8.78 Å². The molecule has 27 heavy (non-hydrogen) atoms. The van der Waals surface area contributed by atoms with Crippen molar-refractivity contribution in [2.75, 3.05) is 0 Å². The summed E-state index contributed by atoms with van der Waals surface area (Å²) in [5, 5.41) is 0. The molecule has 0 bridgehead atoms. The molecule has 1 aromatic rings. The monoisotopic (exact) mass is 390 g/mol. The second kappa shape index (κ2) is 9.61. The van der Waals surface area contributed by atoms with Crippen LogP contribution < -0.4 is 4.74 Å². The average Bonchev–Trinajstić information content (AvgIpc) is 2.61. The fraction of sp³-hybridized carbons (Fsp3) is 0.636. The molecule has 3 rings (SSSR count). The smallest absolute Gasteiger partial charge is 0.305 e. The summed E-state index contributed by atoms with van der Waals surface area (Å²) >= 11 is 0. The maximum absolute atomic E-state index is 14.1. The first-order valence-corrected chi connectivity index (χ1v) is 9.60. The quantitative estimate of drug-likeness (QED) is 0.371. The third-order valence-electron chi connectivity index (χ3n) is 6.26. The van der Waals surface area contributed by atoms with Gasteiger partial charge in [0, 0.05) is 2.85 Å². The van der Waals surface area contributed by atoms with Crippen LogP contribution in [-0.2, 0) is 0 Å². The number of hydrogen-bond donors (Lipinski definition) is 0. The van der Waals surface area contributed by atoms with Crippen LogP contribution in [-0.4, -0.2) is 0 Å². The molecule has 0 radical (unpaired) electrons. The van der Waals surface area contributed by atoms with E-state index in [9.17, 15) is 17.6 Å². The van der Waals surface area contributed by atoms with E-state index in [-0.39, 0.29) is 22.5 Å². The van der Waals surface area contributed by atoms with E-state index in [0.29, 0.717) is 5.56 Å². The molecule has 0 aromatic heterocycles. The van der Waals surface area contributed by atoms with Gasteiger partial charge in [0.15, 0.2) is 23.6 Å². The Morgan fingerprint density at radius 3 is 1.89 bits per heavy atom. The largest absolute Gasteiger partial charge is 0.453 e. The van der Waals surface area contributed by atoms with Crippen LogP contribution in [0.25, 0.3) is 0 Å². The Morgan fingerprint density at radius 2 is 1.41 bits per heavy atom. The van der Waals surface area contributed by atoms with Crippen molar-refractivity contribution in [1.82, 2.24) is 0 Å². The van der Waals surface area contributed by atoms with Gasteiger partial charge in [-0.25, -0.2) is 8.78 Å². The molecule has 2 saturated carbocycles. The van der Waals surface area contributed by atoms with E-state index in [1.165, 1.54) is 37.8 Å². The van der Waals surface area contributed by atoms with E-state index >= 15 is 0 Å². The van der Waals surface area contributed by atoms with Crippen molar-refractivity contribution in [3.05, 3.63) is 41.7 Å². The van der Waals surface area contributed by atoms with Gasteiger partial charge >= 0.3 is 6.08 Å². The lowest BCUT2D eigenvalue weighted by Crippen LogP contribution is -2.24. The maximum atomic E-state index is 14.1. The number of rotatable bonds is 4. The van der Waals surface area contributed by atoms with Gasteiger partial charge in [-0.1, -0.05) is 27.2 Å². The van der Waals surface area contributed by atoms with Crippen molar-refractivity contribution < 1.29 is 25.2 Å². The molecule has 1 nitrogen and oxygen atoms in total. The highest BCUT2D eigenvalue weighted by Gasteiger charge is 2.31. The first kappa shape index (κ1) is 21.8. The van der Waals surface area contributed by atoms with E-state index < -0.39 is 23.5 Å². The number of benzene rings is 1. The lowest BCUT2D eigenvalue weighted by atomic mass is 9.68. The molecule has 0 amide bonds. The highest BCUT2D eigenvalue weighted by Crippen LogP contribution is 2.44. The summed E-state index contributed by atoms with van der Waals surface area (Å²) in [6.45, 7) is 2.32. The third-order valence-corrected chi connectivity index (χ3v) is 6.26. The Labute approximate surface area is 162 Å². The summed E-state index contributed by atoms with van der Waals surface area (Å²) in [5.41, 5.74) is 0.604. The van der Waals surface area contributed by atoms with Crippen LogP contribution in [0.3, 0.4) is 0 Å². The van der Waals surface area contributed by atoms with Crippen molar-refractivity contribution in [3.8, 4) is 5.75 Å². The molecule has 156 valence electrons. The fourth-order valence-corrected chi connectivity index (χ4v) is 4.71. The van der Waals surface area contributed by atoms with Crippen LogP contribution in [0.2, 0.25) is 0 Å².